The lowest BCUT2D eigenvalue weighted by molar-refractivity contribution is -0.134. The minimum atomic E-state index is 0.0133. The molecule has 0 bridgehead atoms. The van der Waals surface area contributed by atoms with Crippen LogP contribution in [0, 0.1) is 12.3 Å². The zero-order valence-corrected chi connectivity index (χ0v) is 15.7. The quantitative estimate of drug-likeness (QED) is 0.776. The molecule has 0 saturated carbocycles. The summed E-state index contributed by atoms with van der Waals surface area (Å²) in [5.74, 6) is 0.250. The second-order valence-corrected chi connectivity index (χ2v) is 8.27. The van der Waals surface area contributed by atoms with Crippen molar-refractivity contribution < 1.29 is 4.79 Å². The van der Waals surface area contributed by atoms with Crippen molar-refractivity contribution >= 4 is 5.91 Å². The third-order valence-electron chi connectivity index (χ3n) is 4.68. The Bertz CT molecular complexity index is 746. The summed E-state index contributed by atoms with van der Waals surface area (Å²) in [7, 11) is 0. The van der Waals surface area contributed by atoms with Crippen molar-refractivity contribution in [2.24, 2.45) is 5.41 Å². The first-order valence-corrected chi connectivity index (χ1v) is 9.17. The fourth-order valence-electron chi connectivity index (χ4n) is 3.59. The van der Waals surface area contributed by atoms with E-state index in [0.29, 0.717) is 6.42 Å². The van der Waals surface area contributed by atoms with Gasteiger partial charge in [0.2, 0.25) is 5.91 Å². The van der Waals surface area contributed by atoms with Gasteiger partial charge in [-0.15, -0.1) is 0 Å². The maximum atomic E-state index is 12.8. The number of rotatable bonds is 3. The standard InChI is InChI=1S/C22H28N2O/c1-16-13-18(17-9-6-5-7-10-17)14-19(23-16)20-11-8-12-24(20)21(25)15-22(2,3)4/h5-7,9-10,13-14,20H,8,11-12,15H2,1-4H3/t20-/m0/s1. The van der Waals surface area contributed by atoms with Crippen LogP contribution in [0.5, 0.6) is 0 Å². The number of carbonyl (C=O) groups excluding carboxylic acids is 1. The van der Waals surface area contributed by atoms with Gasteiger partial charge in [-0.3, -0.25) is 9.78 Å². The zero-order chi connectivity index (χ0) is 18.0. The number of carbonyl (C=O) groups is 1. The van der Waals surface area contributed by atoms with E-state index < -0.39 is 0 Å². The second-order valence-electron chi connectivity index (χ2n) is 8.27. The Balaban J connectivity index is 1.90. The predicted octanol–water partition coefficient (Wildman–Crippen LogP) is 5.16. The van der Waals surface area contributed by atoms with Gasteiger partial charge in [0, 0.05) is 18.7 Å². The summed E-state index contributed by atoms with van der Waals surface area (Å²) in [6.45, 7) is 9.24. The molecule has 0 radical (unpaired) electrons. The van der Waals surface area contributed by atoms with Gasteiger partial charge in [0.1, 0.15) is 0 Å². The van der Waals surface area contributed by atoms with Crippen LogP contribution in [0.3, 0.4) is 0 Å². The third-order valence-corrected chi connectivity index (χ3v) is 4.68. The molecule has 25 heavy (non-hydrogen) atoms. The van der Waals surface area contributed by atoms with Crippen LogP contribution in [0.25, 0.3) is 11.1 Å². The number of likely N-dealkylation sites (tertiary alicyclic amines) is 1. The van der Waals surface area contributed by atoms with Crippen molar-refractivity contribution in [2.45, 2.75) is 53.0 Å². The maximum Gasteiger partial charge on any atom is 0.223 e. The Morgan fingerprint density at radius 2 is 1.88 bits per heavy atom. The van der Waals surface area contributed by atoms with E-state index in [0.717, 1.165) is 30.8 Å². The predicted molar refractivity (Wildman–Crippen MR) is 102 cm³/mol. The molecule has 1 aromatic heterocycles. The largest absolute Gasteiger partial charge is 0.334 e. The molecular formula is C22H28N2O. The number of hydrogen-bond acceptors (Lipinski definition) is 2. The summed E-state index contributed by atoms with van der Waals surface area (Å²) in [6.07, 6.45) is 2.64. The zero-order valence-electron chi connectivity index (χ0n) is 15.7. The highest BCUT2D eigenvalue weighted by molar-refractivity contribution is 5.77. The van der Waals surface area contributed by atoms with Crippen LogP contribution < -0.4 is 0 Å². The van der Waals surface area contributed by atoms with Gasteiger partial charge in [0.05, 0.1) is 11.7 Å². The Labute approximate surface area is 151 Å². The fraction of sp³-hybridized carbons (Fsp3) is 0.455. The highest BCUT2D eigenvalue weighted by Crippen LogP contribution is 2.35. The Morgan fingerprint density at radius 3 is 2.56 bits per heavy atom. The van der Waals surface area contributed by atoms with Crippen molar-refractivity contribution in [3.8, 4) is 11.1 Å². The molecule has 2 heterocycles. The number of aromatic nitrogens is 1. The summed E-state index contributed by atoms with van der Waals surface area (Å²) in [6, 6.07) is 14.8. The van der Waals surface area contributed by atoms with Crippen molar-refractivity contribution in [1.82, 2.24) is 9.88 Å². The molecule has 0 aliphatic carbocycles. The second kappa shape index (κ2) is 6.99. The van der Waals surface area contributed by atoms with Gasteiger partial charge in [-0.1, -0.05) is 51.1 Å². The first-order chi connectivity index (χ1) is 11.8. The highest BCUT2D eigenvalue weighted by atomic mass is 16.2. The number of benzene rings is 1. The average molecular weight is 336 g/mol. The van der Waals surface area contributed by atoms with Crippen molar-refractivity contribution in [2.75, 3.05) is 6.54 Å². The summed E-state index contributed by atoms with van der Waals surface area (Å²) < 4.78 is 0. The fourth-order valence-corrected chi connectivity index (χ4v) is 3.59. The van der Waals surface area contributed by atoms with Crippen LogP contribution in [0.4, 0.5) is 0 Å². The van der Waals surface area contributed by atoms with Crippen LogP contribution in [-0.4, -0.2) is 22.3 Å². The molecule has 1 atom stereocenters. The summed E-state index contributed by atoms with van der Waals surface area (Å²) in [5, 5.41) is 0. The van der Waals surface area contributed by atoms with E-state index in [1.54, 1.807) is 0 Å². The topological polar surface area (TPSA) is 33.2 Å². The van der Waals surface area contributed by atoms with Gasteiger partial charge >= 0.3 is 0 Å². The van der Waals surface area contributed by atoms with Crippen LogP contribution in [0.15, 0.2) is 42.5 Å². The molecule has 1 aliphatic rings. The molecule has 1 aromatic carbocycles. The van der Waals surface area contributed by atoms with Gasteiger partial charge in [0.25, 0.3) is 0 Å². The third kappa shape index (κ3) is 4.28. The van der Waals surface area contributed by atoms with E-state index >= 15 is 0 Å². The molecule has 0 spiro atoms. The molecule has 2 aromatic rings. The monoisotopic (exact) mass is 336 g/mol. The summed E-state index contributed by atoms with van der Waals surface area (Å²) >= 11 is 0. The van der Waals surface area contributed by atoms with Crippen LogP contribution >= 0.6 is 0 Å². The van der Waals surface area contributed by atoms with Gasteiger partial charge in [-0.25, -0.2) is 0 Å². The molecule has 1 aliphatic heterocycles. The molecule has 0 unspecified atom stereocenters. The molecule has 3 heteroatoms. The molecule has 132 valence electrons. The van der Waals surface area contributed by atoms with Crippen molar-refractivity contribution in [3.63, 3.8) is 0 Å². The average Bonchev–Trinajstić information content (AvgIpc) is 3.03. The van der Waals surface area contributed by atoms with Gasteiger partial charge in [0.15, 0.2) is 0 Å². The Kier molecular flexibility index (Phi) is 4.94. The lowest BCUT2D eigenvalue weighted by atomic mass is 9.91. The number of amides is 1. The van der Waals surface area contributed by atoms with Gasteiger partial charge in [-0.05, 0) is 48.4 Å². The molecule has 1 fully saturated rings. The van der Waals surface area contributed by atoms with E-state index in [4.69, 9.17) is 4.98 Å². The number of hydrogen-bond donors (Lipinski definition) is 0. The van der Waals surface area contributed by atoms with E-state index in [9.17, 15) is 4.79 Å². The number of pyridine rings is 1. The smallest absolute Gasteiger partial charge is 0.223 e. The SMILES string of the molecule is Cc1cc(-c2ccccc2)cc([C@@H]2CCCN2C(=O)CC(C)(C)C)n1. The minimum absolute atomic E-state index is 0.0133. The molecule has 1 amide bonds. The van der Waals surface area contributed by atoms with Crippen LogP contribution in [0.1, 0.15) is 57.5 Å². The Morgan fingerprint density at radius 1 is 1.16 bits per heavy atom. The van der Waals surface area contributed by atoms with E-state index in [1.807, 2.05) is 17.9 Å². The van der Waals surface area contributed by atoms with E-state index in [2.05, 4.69) is 57.2 Å². The normalized spacial score (nSPS) is 17.8. The molecule has 3 rings (SSSR count). The minimum Gasteiger partial charge on any atom is -0.334 e. The van der Waals surface area contributed by atoms with Crippen LogP contribution in [0.2, 0.25) is 0 Å². The van der Waals surface area contributed by atoms with Gasteiger partial charge in [-0.2, -0.15) is 0 Å². The molecule has 0 N–H and O–H groups in total. The van der Waals surface area contributed by atoms with E-state index in [1.165, 1.54) is 11.1 Å². The van der Waals surface area contributed by atoms with Crippen molar-refractivity contribution in [3.05, 3.63) is 53.9 Å². The summed E-state index contributed by atoms with van der Waals surface area (Å²) in [4.78, 5) is 19.6. The van der Waals surface area contributed by atoms with Crippen LogP contribution in [-0.2, 0) is 4.79 Å². The number of nitrogens with zero attached hydrogens (tertiary/aromatic N) is 2. The van der Waals surface area contributed by atoms with Gasteiger partial charge < -0.3 is 4.90 Å². The highest BCUT2D eigenvalue weighted by Gasteiger charge is 2.32. The Hall–Kier alpha value is -2.16. The van der Waals surface area contributed by atoms with Crippen molar-refractivity contribution in [1.29, 1.82) is 0 Å². The molecule has 3 nitrogen and oxygen atoms in total. The first kappa shape index (κ1) is 17.7. The lowest BCUT2D eigenvalue weighted by Crippen LogP contribution is -2.33. The maximum absolute atomic E-state index is 12.8. The lowest BCUT2D eigenvalue weighted by Gasteiger charge is -2.28. The molecule has 1 saturated heterocycles. The molecular weight excluding hydrogens is 308 g/mol. The number of aryl methyl sites for hydroxylation is 1. The first-order valence-electron chi connectivity index (χ1n) is 9.17. The van der Waals surface area contributed by atoms with E-state index in [-0.39, 0.29) is 17.4 Å². The summed E-state index contributed by atoms with van der Waals surface area (Å²) in [5.41, 5.74) is 4.42.